The first kappa shape index (κ1) is 55.0. The second kappa shape index (κ2) is 21.6. The van der Waals surface area contributed by atoms with E-state index in [4.69, 9.17) is 47.4 Å². The van der Waals surface area contributed by atoms with Crippen LogP contribution in [0.15, 0.2) is 48.1 Å². The summed E-state index contributed by atoms with van der Waals surface area (Å²) in [6.45, 7) is 12.5. The Morgan fingerprint density at radius 1 is 0.699 bits per heavy atom. The van der Waals surface area contributed by atoms with Crippen LogP contribution < -0.4 is 0 Å². The number of hydrogen-bond acceptors (Lipinski definition) is 18. The van der Waals surface area contributed by atoms with E-state index >= 15 is 0 Å². The first-order chi connectivity index (χ1) is 34.6. The lowest BCUT2D eigenvalue weighted by atomic mass is 9.43. The van der Waals surface area contributed by atoms with Gasteiger partial charge in [0.25, 0.3) is 0 Å². The van der Waals surface area contributed by atoms with Crippen LogP contribution in [-0.2, 0) is 57.0 Å². The summed E-state index contributed by atoms with van der Waals surface area (Å²) < 4.78 is 61.4. The number of methoxy groups -OCH3 is 1. The topological polar surface area (TPSA) is 248 Å². The summed E-state index contributed by atoms with van der Waals surface area (Å²) in [6.07, 6.45) is -4.92. The van der Waals surface area contributed by atoms with Gasteiger partial charge in [0.2, 0.25) is 0 Å². The Hall–Kier alpha value is -2.76. The molecule has 408 valence electrons. The lowest BCUT2D eigenvalue weighted by Gasteiger charge is -2.66. The van der Waals surface area contributed by atoms with Crippen LogP contribution in [0.25, 0.3) is 6.08 Å². The van der Waals surface area contributed by atoms with Gasteiger partial charge in [-0.05, 0) is 96.6 Å². The number of aliphatic hydroxyl groups excluding tert-OH is 4. The van der Waals surface area contributed by atoms with Crippen LogP contribution in [0.2, 0.25) is 0 Å². The zero-order valence-corrected chi connectivity index (χ0v) is 43.5. The number of Topliss-reactive ketones (excluding diaryl/α,β-unsaturated/α-hetero) is 1. The molecule has 18 nitrogen and oxygen atoms in total. The predicted molar refractivity (Wildman–Crippen MR) is 260 cm³/mol. The third-order valence-electron chi connectivity index (χ3n) is 18.5. The van der Waals surface area contributed by atoms with Gasteiger partial charge in [0.15, 0.2) is 25.2 Å². The maximum Gasteiger partial charge on any atom is 0.331 e. The van der Waals surface area contributed by atoms with E-state index in [2.05, 4.69) is 6.92 Å². The van der Waals surface area contributed by atoms with Crippen molar-refractivity contribution >= 4 is 17.8 Å². The molecule has 4 heterocycles. The zero-order chi connectivity index (χ0) is 52.4. The minimum atomic E-state index is -1.71. The molecule has 4 aliphatic heterocycles. The number of ether oxygens (including phenoxy) is 10. The summed E-state index contributed by atoms with van der Waals surface area (Å²) in [4.78, 5) is 26.8. The molecule has 0 aromatic heterocycles. The molecule has 9 rings (SSSR count). The van der Waals surface area contributed by atoms with Crippen molar-refractivity contribution in [1.29, 1.82) is 0 Å². The number of carbonyl (C=O) groups is 2. The van der Waals surface area contributed by atoms with Gasteiger partial charge in [-0.25, -0.2) is 4.79 Å². The molecule has 1 aromatic carbocycles. The van der Waals surface area contributed by atoms with Crippen LogP contribution in [0.4, 0.5) is 0 Å². The van der Waals surface area contributed by atoms with Gasteiger partial charge < -0.3 is 78.0 Å². The van der Waals surface area contributed by atoms with Gasteiger partial charge >= 0.3 is 5.97 Å². The van der Waals surface area contributed by atoms with Crippen molar-refractivity contribution in [1.82, 2.24) is 0 Å². The van der Waals surface area contributed by atoms with Gasteiger partial charge in [-0.1, -0.05) is 55.8 Å². The van der Waals surface area contributed by atoms with Gasteiger partial charge in [-0.15, -0.1) is 0 Å². The SMILES string of the molecule is CO[C@@H]1C[C@H](O[C@H]2[C@@H](O)C[C@H](O[C@H]3[C@@H](O)C[C@H](O[C@H]4[C@@H](O)C[C@H](O[C@H]5CC[C@@]6(C)C(=CC[C@]7(O)[C@@H]6C[C@@H](OC(=O)C=Cc6ccccc6)[C@]6(C)[C@H](C(C)=O)CC[C@@]67O)C5)O[C@@H]4C)O[C@@H]3C)O[C@@H]2C)O[C@H](C)[C@H]1O. The Labute approximate surface area is 428 Å². The van der Waals surface area contributed by atoms with Crippen molar-refractivity contribution in [3.05, 3.63) is 53.6 Å². The first-order valence-electron chi connectivity index (χ1n) is 26.7. The van der Waals surface area contributed by atoms with Crippen LogP contribution in [-0.4, -0.2) is 171 Å². The molecule has 3 saturated carbocycles. The summed E-state index contributed by atoms with van der Waals surface area (Å²) in [5, 5.41) is 70.1. The molecule has 0 radical (unpaired) electrons. The molecule has 7 fully saturated rings. The first-order valence-corrected chi connectivity index (χ1v) is 26.7. The highest BCUT2D eigenvalue weighted by molar-refractivity contribution is 5.87. The number of aliphatic hydroxyl groups is 6. The van der Waals surface area contributed by atoms with E-state index in [1.54, 1.807) is 33.8 Å². The van der Waals surface area contributed by atoms with Gasteiger partial charge in [0.1, 0.15) is 47.5 Å². The number of ketones is 1. The molecular formula is C55H80O18. The maximum atomic E-state index is 13.5. The summed E-state index contributed by atoms with van der Waals surface area (Å²) in [5.41, 5.74) is -3.18. The van der Waals surface area contributed by atoms with Crippen LogP contribution >= 0.6 is 0 Å². The van der Waals surface area contributed by atoms with E-state index in [0.29, 0.717) is 25.7 Å². The fourth-order valence-corrected chi connectivity index (χ4v) is 14.4. The second-order valence-electron chi connectivity index (χ2n) is 22.9. The summed E-state index contributed by atoms with van der Waals surface area (Å²) in [7, 11) is 1.52. The van der Waals surface area contributed by atoms with E-state index in [-0.39, 0.29) is 56.8 Å². The maximum absolute atomic E-state index is 13.5. The number of hydrogen-bond donors (Lipinski definition) is 6. The summed E-state index contributed by atoms with van der Waals surface area (Å²) >= 11 is 0. The van der Waals surface area contributed by atoms with E-state index in [0.717, 1.165) is 11.1 Å². The number of carbonyl (C=O) groups excluding carboxylic acids is 2. The lowest BCUT2D eigenvalue weighted by molar-refractivity contribution is -0.344. The minimum absolute atomic E-state index is 0.0413. The molecule has 73 heavy (non-hydrogen) atoms. The van der Waals surface area contributed by atoms with Crippen LogP contribution in [0.5, 0.6) is 0 Å². The third kappa shape index (κ3) is 10.3. The minimum Gasteiger partial charge on any atom is -0.458 e. The van der Waals surface area contributed by atoms with E-state index in [1.807, 2.05) is 43.3 Å². The highest BCUT2D eigenvalue weighted by Crippen LogP contribution is 2.70. The number of fused-ring (bicyclic) bond motifs is 5. The highest BCUT2D eigenvalue weighted by atomic mass is 16.8. The Morgan fingerprint density at radius 3 is 1.77 bits per heavy atom. The van der Waals surface area contributed by atoms with Crippen LogP contribution in [0, 0.1) is 22.7 Å². The van der Waals surface area contributed by atoms with Crippen molar-refractivity contribution in [3.63, 3.8) is 0 Å². The smallest absolute Gasteiger partial charge is 0.331 e. The lowest BCUT2D eigenvalue weighted by Crippen LogP contribution is -2.75. The van der Waals surface area contributed by atoms with Crippen LogP contribution in [0.3, 0.4) is 0 Å². The molecule has 0 bridgehead atoms. The van der Waals surface area contributed by atoms with Gasteiger partial charge in [-0.2, -0.15) is 0 Å². The van der Waals surface area contributed by atoms with Gasteiger partial charge in [0.05, 0.1) is 54.9 Å². The predicted octanol–water partition coefficient (Wildman–Crippen LogP) is 4.16. The average Bonchev–Trinajstić information content (AvgIpc) is 3.64. The Morgan fingerprint density at radius 2 is 1.23 bits per heavy atom. The average molecular weight is 1030 g/mol. The largest absolute Gasteiger partial charge is 0.458 e. The fraction of sp³-hybridized carbons (Fsp3) is 0.782. The van der Waals surface area contributed by atoms with Crippen molar-refractivity contribution in [2.45, 2.75) is 241 Å². The molecular weight excluding hydrogens is 949 g/mol. The molecule has 4 aliphatic carbocycles. The number of rotatable bonds is 13. The summed E-state index contributed by atoms with van der Waals surface area (Å²) in [6, 6.07) is 9.40. The molecule has 0 amide bonds. The Kier molecular flexibility index (Phi) is 16.3. The summed E-state index contributed by atoms with van der Waals surface area (Å²) in [5.74, 6) is -1.78. The molecule has 0 spiro atoms. The van der Waals surface area contributed by atoms with E-state index in [9.17, 15) is 40.2 Å². The van der Waals surface area contributed by atoms with E-state index in [1.165, 1.54) is 20.1 Å². The van der Waals surface area contributed by atoms with Gasteiger partial charge in [0, 0.05) is 56.1 Å². The normalized spacial score (nSPS) is 49.0. The number of benzene rings is 1. The molecule has 0 unspecified atom stereocenters. The molecule has 8 aliphatic rings. The van der Waals surface area contributed by atoms with Crippen molar-refractivity contribution in [2.24, 2.45) is 22.7 Å². The van der Waals surface area contributed by atoms with Crippen LogP contribution in [0.1, 0.15) is 125 Å². The van der Waals surface area contributed by atoms with Crippen molar-refractivity contribution in [2.75, 3.05) is 7.11 Å². The number of esters is 1. The third-order valence-corrected chi connectivity index (χ3v) is 18.5. The molecule has 4 saturated heterocycles. The van der Waals surface area contributed by atoms with E-state index < -0.39 is 144 Å². The molecule has 24 atom stereocenters. The fourth-order valence-electron chi connectivity index (χ4n) is 14.4. The second-order valence-corrected chi connectivity index (χ2v) is 22.9. The molecule has 18 heteroatoms. The zero-order valence-electron chi connectivity index (χ0n) is 43.5. The molecule has 6 N–H and O–H groups in total. The Balaban J connectivity index is 0.779. The standard InChI is InChI=1S/C55H80O18/c1-28(56)36-18-21-55(63)53(36,7)42(70-43(60)15-14-33-12-10-9-11-13-33)27-41-52(6)19-17-35(22-34(52)16-20-54(41,55)62)69-44-23-37(57)49(30(3)66-44)71-45-24-38(58)50(31(4)67-45)72-46-25-39(59)51(32(5)68-46)73-47-26-40(64-8)48(61)29(2)65-47/h9-16,29-32,35-42,44-51,57-59,61-63H,17-27H2,1-8H3/t29-,30-,31-,32-,35+,36+,37+,38+,39+,40-,41-,42-,44+,45+,46+,47+,48-,49-,50-,51-,52+,53+,54+,55-/m1/s1. The Bertz CT molecular complexity index is 2120. The van der Waals surface area contributed by atoms with Crippen molar-refractivity contribution < 1.29 is 87.6 Å². The van der Waals surface area contributed by atoms with Crippen molar-refractivity contribution in [3.8, 4) is 0 Å². The van der Waals surface area contributed by atoms with Gasteiger partial charge in [-0.3, -0.25) is 4.79 Å². The monoisotopic (exact) mass is 1030 g/mol. The highest BCUT2D eigenvalue weighted by Gasteiger charge is 2.77. The quantitative estimate of drug-likeness (QED) is 0.0923. The molecule has 1 aromatic rings.